The van der Waals surface area contributed by atoms with Gasteiger partial charge in [0, 0.05) is 6.04 Å². The summed E-state index contributed by atoms with van der Waals surface area (Å²) in [7, 11) is 0. The zero-order chi connectivity index (χ0) is 10.9. The van der Waals surface area contributed by atoms with Gasteiger partial charge in [0.15, 0.2) is 17.5 Å². The van der Waals surface area contributed by atoms with Crippen molar-refractivity contribution >= 4 is 0 Å². The van der Waals surface area contributed by atoms with Gasteiger partial charge in [-0.3, -0.25) is 0 Å². The predicted molar refractivity (Wildman–Crippen MR) is 48.1 cm³/mol. The largest absolute Gasteiger partial charge is 0.324 e. The molecular weight excluding hydrogens is 191 g/mol. The van der Waals surface area contributed by atoms with Crippen molar-refractivity contribution in [2.75, 3.05) is 0 Å². The average molecular weight is 203 g/mol. The van der Waals surface area contributed by atoms with E-state index < -0.39 is 23.5 Å². The number of benzene rings is 1. The van der Waals surface area contributed by atoms with Gasteiger partial charge in [0.1, 0.15) is 0 Å². The lowest BCUT2D eigenvalue weighted by Gasteiger charge is -2.16. The molecule has 0 aliphatic carbocycles. The maximum absolute atomic E-state index is 12.8. The molecule has 1 atom stereocenters. The van der Waals surface area contributed by atoms with Gasteiger partial charge < -0.3 is 5.73 Å². The summed E-state index contributed by atoms with van der Waals surface area (Å²) in [5.74, 6) is -3.81. The Balaban J connectivity index is 3.12. The van der Waals surface area contributed by atoms with Crippen LogP contribution in [0.25, 0.3) is 0 Å². The Morgan fingerprint density at radius 3 is 1.86 bits per heavy atom. The molecule has 0 amide bonds. The fraction of sp³-hybridized carbons (Fsp3) is 0.400. The second-order valence-electron chi connectivity index (χ2n) is 3.57. The van der Waals surface area contributed by atoms with Crippen LogP contribution in [0.15, 0.2) is 12.1 Å². The number of halogens is 3. The third-order valence-corrected chi connectivity index (χ3v) is 2.11. The van der Waals surface area contributed by atoms with Crippen molar-refractivity contribution in [3.8, 4) is 0 Å². The average Bonchev–Trinajstić information content (AvgIpc) is 2.12. The van der Waals surface area contributed by atoms with Crippen LogP contribution in [0.4, 0.5) is 13.2 Å². The van der Waals surface area contributed by atoms with Crippen LogP contribution < -0.4 is 5.73 Å². The fourth-order valence-corrected chi connectivity index (χ4v) is 1.15. The highest BCUT2D eigenvalue weighted by Gasteiger charge is 2.16. The molecule has 0 fully saturated rings. The second-order valence-corrected chi connectivity index (χ2v) is 3.57. The molecule has 14 heavy (non-hydrogen) atoms. The number of rotatable bonds is 2. The lowest BCUT2D eigenvalue weighted by Crippen LogP contribution is -2.17. The SMILES string of the molecule is CC(C)[C@@H](N)c1cc(F)c(F)c(F)c1. The molecule has 1 aromatic carbocycles. The molecule has 0 aliphatic rings. The Morgan fingerprint density at radius 2 is 1.50 bits per heavy atom. The standard InChI is InChI=1S/C10H12F3N/c1-5(2)10(14)6-3-7(11)9(13)8(12)4-6/h3-5,10H,14H2,1-2H3/t10-/m1/s1. The first-order valence-electron chi connectivity index (χ1n) is 4.33. The summed E-state index contributed by atoms with van der Waals surface area (Å²) in [4.78, 5) is 0. The van der Waals surface area contributed by atoms with E-state index in [0.29, 0.717) is 0 Å². The lowest BCUT2D eigenvalue weighted by molar-refractivity contribution is 0.437. The summed E-state index contributed by atoms with van der Waals surface area (Å²) in [5.41, 5.74) is 5.94. The first-order chi connectivity index (χ1) is 6.43. The van der Waals surface area contributed by atoms with Crippen LogP contribution >= 0.6 is 0 Å². The highest BCUT2D eigenvalue weighted by Crippen LogP contribution is 2.22. The Hall–Kier alpha value is -1.03. The van der Waals surface area contributed by atoms with Crippen molar-refractivity contribution in [2.24, 2.45) is 11.7 Å². The van der Waals surface area contributed by atoms with Crippen LogP contribution in [-0.4, -0.2) is 0 Å². The third kappa shape index (κ3) is 2.07. The van der Waals surface area contributed by atoms with Crippen molar-refractivity contribution in [3.63, 3.8) is 0 Å². The van der Waals surface area contributed by atoms with Gasteiger partial charge in [0.05, 0.1) is 0 Å². The van der Waals surface area contributed by atoms with Gasteiger partial charge in [-0.25, -0.2) is 13.2 Å². The minimum atomic E-state index is -1.45. The smallest absolute Gasteiger partial charge is 0.194 e. The maximum Gasteiger partial charge on any atom is 0.194 e. The normalized spacial score (nSPS) is 13.4. The monoisotopic (exact) mass is 203 g/mol. The zero-order valence-corrected chi connectivity index (χ0v) is 8.02. The molecule has 0 aromatic heterocycles. The highest BCUT2D eigenvalue weighted by atomic mass is 19.2. The predicted octanol–water partition coefficient (Wildman–Crippen LogP) is 2.76. The van der Waals surface area contributed by atoms with Crippen molar-refractivity contribution in [3.05, 3.63) is 35.1 Å². The first kappa shape index (κ1) is 11.0. The molecule has 0 heterocycles. The highest BCUT2D eigenvalue weighted by molar-refractivity contribution is 5.22. The molecule has 0 saturated heterocycles. The molecule has 0 unspecified atom stereocenters. The van der Waals surface area contributed by atoms with E-state index in [9.17, 15) is 13.2 Å². The maximum atomic E-state index is 12.8. The van der Waals surface area contributed by atoms with E-state index in [1.54, 1.807) is 0 Å². The van der Waals surface area contributed by atoms with E-state index in [-0.39, 0.29) is 11.5 Å². The van der Waals surface area contributed by atoms with Gasteiger partial charge in [0.2, 0.25) is 0 Å². The van der Waals surface area contributed by atoms with Gasteiger partial charge in [0.25, 0.3) is 0 Å². The summed E-state index contributed by atoms with van der Waals surface area (Å²) in [6, 6.07) is 1.38. The fourth-order valence-electron chi connectivity index (χ4n) is 1.15. The van der Waals surface area contributed by atoms with E-state index in [0.717, 1.165) is 12.1 Å². The molecule has 1 nitrogen and oxygen atoms in total. The van der Waals surface area contributed by atoms with Crippen LogP contribution in [0.2, 0.25) is 0 Å². The molecule has 0 saturated carbocycles. The first-order valence-corrected chi connectivity index (χ1v) is 4.33. The Kier molecular flexibility index (Phi) is 3.16. The third-order valence-electron chi connectivity index (χ3n) is 2.11. The molecule has 0 bridgehead atoms. The van der Waals surface area contributed by atoms with Crippen LogP contribution in [0, 0.1) is 23.4 Å². The summed E-state index contributed by atoms with van der Waals surface area (Å²) < 4.78 is 38.2. The molecule has 0 spiro atoms. The van der Waals surface area contributed by atoms with E-state index in [4.69, 9.17) is 5.73 Å². The molecular formula is C10H12F3N. The second kappa shape index (κ2) is 4.00. The van der Waals surface area contributed by atoms with E-state index >= 15 is 0 Å². The summed E-state index contributed by atoms with van der Waals surface area (Å²) in [6.45, 7) is 3.65. The minimum Gasteiger partial charge on any atom is -0.324 e. The van der Waals surface area contributed by atoms with E-state index in [1.165, 1.54) is 0 Å². The van der Waals surface area contributed by atoms with Gasteiger partial charge in [-0.2, -0.15) is 0 Å². The quantitative estimate of drug-likeness (QED) is 0.735. The van der Waals surface area contributed by atoms with Crippen LogP contribution in [0.1, 0.15) is 25.5 Å². The summed E-state index contributed by atoms with van der Waals surface area (Å²) >= 11 is 0. The number of hydrogen-bond acceptors (Lipinski definition) is 1. The summed E-state index contributed by atoms with van der Waals surface area (Å²) in [6.07, 6.45) is 0. The van der Waals surface area contributed by atoms with Crippen LogP contribution in [0.3, 0.4) is 0 Å². The molecule has 1 rings (SSSR count). The molecule has 0 aliphatic heterocycles. The molecule has 4 heteroatoms. The van der Waals surface area contributed by atoms with Gasteiger partial charge in [-0.05, 0) is 23.6 Å². The van der Waals surface area contributed by atoms with Crippen molar-refractivity contribution in [1.82, 2.24) is 0 Å². The van der Waals surface area contributed by atoms with Gasteiger partial charge >= 0.3 is 0 Å². The topological polar surface area (TPSA) is 26.0 Å². The number of hydrogen-bond donors (Lipinski definition) is 1. The molecule has 2 N–H and O–H groups in total. The lowest BCUT2D eigenvalue weighted by atomic mass is 9.97. The number of nitrogens with two attached hydrogens (primary N) is 1. The van der Waals surface area contributed by atoms with Crippen LogP contribution in [-0.2, 0) is 0 Å². The molecule has 0 radical (unpaired) electrons. The van der Waals surface area contributed by atoms with Gasteiger partial charge in [-0.1, -0.05) is 13.8 Å². The summed E-state index contributed by atoms with van der Waals surface area (Å²) in [5, 5.41) is 0. The molecule has 1 aromatic rings. The molecule has 78 valence electrons. The van der Waals surface area contributed by atoms with Gasteiger partial charge in [-0.15, -0.1) is 0 Å². The minimum absolute atomic E-state index is 0.0410. The zero-order valence-electron chi connectivity index (χ0n) is 8.02. The van der Waals surface area contributed by atoms with Crippen molar-refractivity contribution in [2.45, 2.75) is 19.9 Å². The van der Waals surface area contributed by atoms with E-state index in [2.05, 4.69) is 0 Å². The Morgan fingerprint density at radius 1 is 1.07 bits per heavy atom. The van der Waals surface area contributed by atoms with E-state index in [1.807, 2.05) is 13.8 Å². The van der Waals surface area contributed by atoms with Crippen molar-refractivity contribution in [1.29, 1.82) is 0 Å². The Labute approximate surface area is 80.7 Å². The van der Waals surface area contributed by atoms with Crippen molar-refractivity contribution < 1.29 is 13.2 Å². The van der Waals surface area contributed by atoms with Crippen LogP contribution in [0.5, 0.6) is 0 Å². The Bertz CT molecular complexity index is 313.